The molecule has 116 valence electrons. The normalized spacial score (nSPS) is 12.3. The molecule has 0 amide bonds. The predicted octanol–water partition coefficient (Wildman–Crippen LogP) is 3.81. The number of hydrogen-bond acceptors (Lipinski definition) is 4. The van der Waals surface area contributed by atoms with Gasteiger partial charge < -0.3 is 10.1 Å². The Morgan fingerprint density at radius 1 is 1.30 bits per heavy atom. The van der Waals surface area contributed by atoms with E-state index in [4.69, 9.17) is 9.72 Å². The SMILES string of the molecule is CCOCCc1nc(CC(C)C)c(CNC(C)(C)C)s1. The van der Waals surface area contributed by atoms with Crippen LogP contribution in [0.4, 0.5) is 0 Å². The van der Waals surface area contributed by atoms with E-state index in [9.17, 15) is 0 Å². The summed E-state index contributed by atoms with van der Waals surface area (Å²) in [6.07, 6.45) is 1.99. The second-order valence-electron chi connectivity index (χ2n) is 6.63. The van der Waals surface area contributed by atoms with Crippen molar-refractivity contribution in [1.29, 1.82) is 0 Å². The van der Waals surface area contributed by atoms with Crippen LogP contribution >= 0.6 is 11.3 Å². The fourth-order valence-electron chi connectivity index (χ4n) is 1.88. The molecule has 0 aliphatic rings. The van der Waals surface area contributed by atoms with Gasteiger partial charge in [0.15, 0.2) is 0 Å². The monoisotopic (exact) mass is 298 g/mol. The van der Waals surface area contributed by atoms with Crippen LogP contribution in [0, 0.1) is 5.92 Å². The molecule has 1 aromatic heterocycles. The Bertz CT molecular complexity index is 394. The van der Waals surface area contributed by atoms with Gasteiger partial charge >= 0.3 is 0 Å². The molecule has 20 heavy (non-hydrogen) atoms. The molecule has 0 saturated heterocycles. The smallest absolute Gasteiger partial charge is 0.0954 e. The van der Waals surface area contributed by atoms with Crippen molar-refractivity contribution in [2.75, 3.05) is 13.2 Å². The van der Waals surface area contributed by atoms with Crippen molar-refractivity contribution in [3.8, 4) is 0 Å². The average molecular weight is 298 g/mol. The molecule has 0 atom stereocenters. The van der Waals surface area contributed by atoms with E-state index in [1.807, 2.05) is 18.3 Å². The van der Waals surface area contributed by atoms with Gasteiger partial charge in [-0.2, -0.15) is 0 Å². The Morgan fingerprint density at radius 2 is 2.00 bits per heavy atom. The van der Waals surface area contributed by atoms with Crippen LogP contribution in [0.15, 0.2) is 0 Å². The van der Waals surface area contributed by atoms with Crippen LogP contribution in [0.2, 0.25) is 0 Å². The minimum atomic E-state index is 0.143. The minimum absolute atomic E-state index is 0.143. The topological polar surface area (TPSA) is 34.1 Å². The molecular formula is C16H30N2OS. The number of ether oxygens (including phenoxy) is 1. The molecule has 0 bridgehead atoms. The van der Waals surface area contributed by atoms with E-state index in [-0.39, 0.29) is 5.54 Å². The molecule has 1 rings (SSSR count). The molecule has 0 fully saturated rings. The Balaban J connectivity index is 2.72. The van der Waals surface area contributed by atoms with E-state index in [1.165, 1.54) is 15.6 Å². The molecule has 0 spiro atoms. The van der Waals surface area contributed by atoms with E-state index in [1.54, 1.807) is 0 Å². The average Bonchev–Trinajstić information content (AvgIpc) is 2.67. The van der Waals surface area contributed by atoms with Crippen LogP contribution in [0.5, 0.6) is 0 Å². The number of hydrogen-bond donors (Lipinski definition) is 1. The standard InChI is InChI=1S/C16H30N2OS/c1-7-19-9-8-15-18-13(10-12(2)3)14(20-15)11-17-16(4,5)6/h12,17H,7-11H2,1-6H3. The van der Waals surface area contributed by atoms with Crippen LogP contribution in [0.25, 0.3) is 0 Å². The lowest BCUT2D eigenvalue weighted by Crippen LogP contribution is -2.35. The van der Waals surface area contributed by atoms with Crippen LogP contribution in [-0.2, 0) is 24.1 Å². The van der Waals surface area contributed by atoms with E-state index < -0.39 is 0 Å². The Morgan fingerprint density at radius 3 is 2.55 bits per heavy atom. The van der Waals surface area contributed by atoms with Crippen LogP contribution in [-0.4, -0.2) is 23.7 Å². The minimum Gasteiger partial charge on any atom is -0.381 e. The summed E-state index contributed by atoms with van der Waals surface area (Å²) in [7, 11) is 0. The number of thiazole rings is 1. The van der Waals surface area contributed by atoms with Gasteiger partial charge in [0.25, 0.3) is 0 Å². The zero-order chi connectivity index (χ0) is 15.2. The molecule has 1 N–H and O–H groups in total. The summed E-state index contributed by atoms with van der Waals surface area (Å²) in [5.74, 6) is 0.644. The van der Waals surface area contributed by atoms with Gasteiger partial charge in [-0.15, -0.1) is 11.3 Å². The highest BCUT2D eigenvalue weighted by atomic mass is 32.1. The fourth-order valence-corrected chi connectivity index (χ4v) is 2.89. The van der Waals surface area contributed by atoms with Crippen LogP contribution in [0.3, 0.4) is 0 Å². The van der Waals surface area contributed by atoms with Gasteiger partial charge in [0.05, 0.1) is 17.3 Å². The summed E-state index contributed by atoms with van der Waals surface area (Å²) < 4.78 is 5.43. The highest BCUT2D eigenvalue weighted by molar-refractivity contribution is 7.11. The zero-order valence-corrected chi connectivity index (χ0v) is 14.7. The third-order valence-electron chi connectivity index (χ3n) is 2.87. The van der Waals surface area contributed by atoms with E-state index >= 15 is 0 Å². The third-order valence-corrected chi connectivity index (χ3v) is 4.03. The van der Waals surface area contributed by atoms with Gasteiger partial charge in [-0.05, 0) is 40.0 Å². The summed E-state index contributed by atoms with van der Waals surface area (Å²) in [5.41, 5.74) is 1.41. The summed E-state index contributed by atoms with van der Waals surface area (Å²) in [5, 5.41) is 4.78. The molecule has 0 radical (unpaired) electrons. The van der Waals surface area contributed by atoms with E-state index in [0.717, 1.165) is 32.6 Å². The summed E-state index contributed by atoms with van der Waals surface area (Å²) in [4.78, 5) is 6.21. The van der Waals surface area contributed by atoms with Crippen molar-refractivity contribution in [3.63, 3.8) is 0 Å². The maximum absolute atomic E-state index is 5.43. The van der Waals surface area contributed by atoms with Gasteiger partial charge in [0.2, 0.25) is 0 Å². The predicted molar refractivity (Wildman–Crippen MR) is 87.4 cm³/mol. The summed E-state index contributed by atoms with van der Waals surface area (Å²) >= 11 is 1.84. The Labute approximate surface area is 128 Å². The lowest BCUT2D eigenvalue weighted by molar-refractivity contribution is 0.151. The molecule has 0 unspecified atom stereocenters. The number of nitrogens with zero attached hydrogens (tertiary/aromatic N) is 1. The molecule has 4 heteroatoms. The van der Waals surface area contributed by atoms with Crippen molar-refractivity contribution in [1.82, 2.24) is 10.3 Å². The quantitative estimate of drug-likeness (QED) is 0.741. The Kier molecular flexibility index (Phi) is 7.13. The molecular weight excluding hydrogens is 268 g/mol. The summed E-state index contributed by atoms with van der Waals surface area (Å²) in [6, 6.07) is 0. The van der Waals surface area contributed by atoms with Crippen LogP contribution < -0.4 is 5.32 Å². The van der Waals surface area contributed by atoms with Gasteiger partial charge in [-0.3, -0.25) is 0 Å². The maximum atomic E-state index is 5.43. The molecule has 1 aromatic rings. The highest BCUT2D eigenvalue weighted by Gasteiger charge is 2.15. The van der Waals surface area contributed by atoms with Gasteiger partial charge in [0, 0.05) is 30.0 Å². The van der Waals surface area contributed by atoms with Crippen molar-refractivity contribution >= 4 is 11.3 Å². The van der Waals surface area contributed by atoms with Crippen molar-refractivity contribution in [2.45, 2.75) is 66.5 Å². The largest absolute Gasteiger partial charge is 0.381 e. The van der Waals surface area contributed by atoms with E-state index in [2.05, 4.69) is 39.9 Å². The van der Waals surface area contributed by atoms with Gasteiger partial charge in [-0.25, -0.2) is 4.98 Å². The van der Waals surface area contributed by atoms with Crippen molar-refractivity contribution in [3.05, 3.63) is 15.6 Å². The molecule has 0 aliphatic heterocycles. The fraction of sp³-hybridized carbons (Fsp3) is 0.812. The van der Waals surface area contributed by atoms with E-state index in [0.29, 0.717) is 5.92 Å². The highest BCUT2D eigenvalue weighted by Crippen LogP contribution is 2.22. The molecule has 0 aliphatic carbocycles. The number of aromatic nitrogens is 1. The van der Waals surface area contributed by atoms with Gasteiger partial charge in [-0.1, -0.05) is 13.8 Å². The first-order chi connectivity index (χ1) is 9.31. The Hall–Kier alpha value is -0.450. The van der Waals surface area contributed by atoms with Crippen molar-refractivity contribution in [2.24, 2.45) is 5.92 Å². The zero-order valence-electron chi connectivity index (χ0n) is 13.9. The second kappa shape index (κ2) is 8.11. The van der Waals surface area contributed by atoms with Crippen molar-refractivity contribution < 1.29 is 4.74 Å². The number of rotatable bonds is 8. The molecule has 1 heterocycles. The first kappa shape index (κ1) is 17.6. The molecule has 0 saturated carbocycles. The second-order valence-corrected chi connectivity index (χ2v) is 7.79. The maximum Gasteiger partial charge on any atom is 0.0954 e. The van der Waals surface area contributed by atoms with Crippen LogP contribution in [0.1, 0.15) is 57.1 Å². The first-order valence-electron chi connectivity index (χ1n) is 7.62. The molecule has 0 aromatic carbocycles. The third kappa shape index (κ3) is 6.82. The lowest BCUT2D eigenvalue weighted by atomic mass is 10.1. The lowest BCUT2D eigenvalue weighted by Gasteiger charge is -2.20. The van der Waals surface area contributed by atoms with Gasteiger partial charge in [0.1, 0.15) is 0 Å². The first-order valence-corrected chi connectivity index (χ1v) is 8.43. The number of nitrogens with one attached hydrogen (secondary N) is 1. The summed E-state index contributed by atoms with van der Waals surface area (Å²) in [6.45, 7) is 15.6. The molecule has 3 nitrogen and oxygen atoms in total.